The van der Waals surface area contributed by atoms with Gasteiger partial charge in [0.05, 0.1) is 0 Å². The second-order valence-electron chi connectivity index (χ2n) is 8.98. The van der Waals surface area contributed by atoms with Crippen LogP contribution >= 0.6 is 0 Å². The summed E-state index contributed by atoms with van der Waals surface area (Å²) in [4.78, 5) is 15.1. The van der Waals surface area contributed by atoms with Crippen molar-refractivity contribution in [2.24, 2.45) is 0 Å². The molecule has 0 aliphatic carbocycles. The van der Waals surface area contributed by atoms with Crippen molar-refractivity contribution in [2.45, 2.75) is 59.4 Å². The number of nitriles is 1. The molecule has 3 rings (SSSR count). The molecule has 1 heterocycles. The van der Waals surface area contributed by atoms with Gasteiger partial charge in [-0.3, -0.25) is 4.79 Å². The quantitative estimate of drug-likeness (QED) is 0.508. The molecule has 0 radical (unpaired) electrons. The zero-order chi connectivity index (χ0) is 22.1. The lowest BCUT2D eigenvalue weighted by Crippen LogP contribution is -2.48. The Morgan fingerprint density at radius 3 is 2.50 bits per heavy atom. The molecule has 0 bridgehead atoms. The van der Waals surface area contributed by atoms with E-state index in [0.717, 1.165) is 29.7 Å². The highest BCUT2D eigenvalue weighted by atomic mass is 16.1. The predicted molar refractivity (Wildman–Crippen MR) is 125 cm³/mol. The van der Waals surface area contributed by atoms with Crippen molar-refractivity contribution >= 4 is 23.4 Å². The summed E-state index contributed by atoms with van der Waals surface area (Å²) >= 11 is 0. The Morgan fingerprint density at radius 1 is 1.23 bits per heavy atom. The van der Waals surface area contributed by atoms with Gasteiger partial charge in [-0.2, -0.15) is 5.26 Å². The maximum Gasteiger partial charge on any atom is 0.266 e. The minimum Gasteiger partial charge on any atom is -0.366 e. The van der Waals surface area contributed by atoms with E-state index >= 15 is 0 Å². The van der Waals surface area contributed by atoms with E-state index in [4.69, 9.17) is 0 Å². The Kier molecular flexibility index (Phi) is 6.03. The summed E-state index contributed by atoms with van der Waals surface area (Å²) in [5.74, 6) is 0.0327. The van der Waals surface area contributed by atoms with Crippen molar-refractivity contribution in [3.63, 3.8) is 0 Å². The van der Waals surface area contributed by atoms with Crippen LogP contribution in [-0.2, 0) is 4.79 Å². The molecule has 1 aliphatic heterocycles. The third-order valence-electron chi connectivity index (χ3n) is 5.88. The first-order valence-corrected chi connectivity index (χ1v) is 10.6. The lowest BCUT2D eigenvalue weighted by atomic mass is 9.79. The summed E-state index contributed by atoms with van der Waals surface area (Å²) in [7, 11) is 0. The standard InChI is InChI=1S/C26H31N3O/c1-7-29-24-9-8-20(14-23(24)19(4)15-26(29,5)6)13-21(16-27)25(30)28-22-11-17(2)10-18(3)12-22/h8-14,19H,7,15H2,1-6H3,(H,28,30)/b21-13-. The van der Waals surface area contributed by atoms with E-state index in [-0.39, 0.29) is 17.0 Å². The number of hydrogen-bond acceptors (Lipinski definition) is 3. The van der Waals surface area contributed by atoms with Crippen LogP contribution in [0.5, 0.6) is 0 Å². The van der Waals surface area contributed by atoms with Crippen molar-refractivity contribution in [2.75, 3.05) is 16.8 Å². The highest BCUT2D eigenvalue weighted by Crippen LogP contribution is 2.43. The normalized spacial score (nSPS) is 17.8. The van der Waals surface area contributed by atoms with Gasteiger partial charge in [0.25, 0.3) is 5.91 Å². The largest absolute Gasteiger partial charge is 0.366 e. The van der Waals surface area contributed by atoms with Crippen molar-refractivity contribution in [3.05, 3.63) is 64.2 Å². The average molecular weight is 402 g/mol. The van der Waals surface area contributed by atoms with Gasteiger partial charge in [-0.25, -0.2) is 0 Å². The van der Waals surface area contributed by atoms with Crippen molar-refractivity contribution in [3.8, 4) is 6.07 Å². The summed E-state index contributed by atoms with van der Waals surface area (Å²) < 4.78 is 0. The molecule has 4 heteroatoms. The second kappa shape index (κ2) is 8.36. The molecule has 156 valence electrons. The van der Waals surface area contributed by atoms with Gasteiger partial charge in [0.15, 0.2) is 0 Å². The van der Waals surface area contributed by atoms with Gasteiger partial charge < -0.3 is 10.2 Å². The number of anilines is 2. The zero-order valence-electron chi connectivity index (χ0n) is 18.8. The number of hydrogen-bond donors (Lipinski definition) is 1. The fourth-order valence-corrected chi connectivity index (χ4v) is 4.76. The van der Waals surface area contributed by atoms with Gasteiger partial charge in [-0.1, -0.05) is 19.1 Å². The Labute approximate surface area is 180 Å². The minimum atomic E-state index is -0.385. The monoisotopic (exact) mass is 401 g/mol. The van der Waals surface area contributed by atoms with Gasteiger partial charge in [-0.15, -0.1) is 0 Å². The molecule has 30 heavy (non-hydrogen) atoms. The van der Waals surface area contributed by atoms with Crippen LogP contribution in [0.1, 0.15) is 62.3 Å². The molecule has 0 fully saturated rings. The first-order valence-electron chi connectivity index (χ1n) is 10.6. The molecule has 0 saturated heterocycles. The Hall–Kier alpha value is -3.06. The average Bonchev–Trinajstić information content (AvgIpc) is 2.65. The summed E-state index contributed by atoms with van der Waals surface area (Å²) in [5, 5.41) is 12.5. The Bertz CT molecular complexity index is 1020. The van der Waals surface area contributed by atoms with Crippen LogP contribution in [-0.4, -0.2) is 18.0 Å². The molecular weight excluding hydrogens is 370 g/mol. The Balaban J connectivity index is 1.90. The maximum atomic E-state index is 12.7. The van der Waals surface area contributed by atoms with Gasteiger partial charge in [0.1, 0.15) is 11.6 Å². The van der Waals surface area contributed by atoms with E-state index in [1.165, 1.54) is 11.3 Å². The second-order valence-corrected chi connectivity index (χ2v) is 8.98. The number of amides is 1. The van der Waals surface area contributed by atoms with Crippen LogP contribution in [0.3, 0.4) is 0 Å². The predicted octanol–water partition coefficient (Wildman–Crippen LogP) is 5.96. The Morgan fingerprint density at radius 2 is 1.90 bits per heavy atom. The topological polar surface area (TPSA) is 56.1 Å². The van der Waals surface area contributed by atoms with Gasteiger partial charge >= 0.3 is 0 Å². The lowest BCUT2D eigenvalue weighted by molar-refractivity contribution is -0.112. The molecule has 0 spiro atoms. The summed E-state index contributed by atoms with van der Waals surface area (Å²) in [6.45, 7) is 13.9. The molecule has 0 aromatic heterocycles. The number of fused-ring (bicyclic) bond motifs is 1. The molecule has 4 nitrogen and oxygen atoms in total. The van der Waals surface area contributed by atoms with Crippen molar-refractivity contribution < 1.29 is 4.79 Å². The van der Waals surface area contributed by atoms with Crippen LogP contribution < -0.4 is 10.2 Å². The van der Waals surface area contributed by atoms with E-state index in [2.05, 4.69) is 56.1 Å². The van der Waals surface area contributed by atoms with Gasteiger partial charge in [0, 0.05) is 23.5 Å². The van der Waals surface area contributed by atoms with Gasteiger partial charge in [0.2, 0.25) is 0 Å². The third kappa shape index (κ3) is 4.41. The highest BCUT2D eigenvalue weighted by molar-refractivity contribution is 6.09. The first kappa shape index (κ1) is 21.6. The smallest absolute Gasteiger partial charge is 0.266 e. The van der Waals surface area contributed by atoms with Crippen LogP contribution in [0.15, 0.2) is 42.0 Å². The van der Waals surface area contributed by atoms with Crippen LogP contribution in [0.4, 0.5) is 11.4 Å². The molecular formula is C26H31N3O. The van der Waals surface area contributed by atoms with Gasteiger partial charge in [-0.05, 0) is 99.6 Å². The van der Waals surface area contributed by atoms with E-state index in [0.29, 0.717) is 11.6 Å². The minimum absolute atomic E-state index is 0.102. The fraction of sp³-hybridized carbons (Fsp3) is 0.385. The number of rotatable bonds is 4. The number of nitrogens with one attached hydrogen (secondary N) is 1. The number of aryl methyl sites for hydroxylation is 2. The fourth-order valence-electron chi connectivity index (χ4n) is 4.76. The third-order valence-corrected chi connectivity index (χ3v) is 5.88. The number of nitrogens with zero attached hydrogens (tertiary/aromatic N) is 2. The zero-order valence-corrected chi connectivity index (χ0v) is 18.8. The molecule has 1 N–H and O–H groups in total. The van der Waals surface area contributed by atoms with Crippen LogP contribution in [0.25, 0.3) is 6.08 Å². The molecule has 1 amide bonds. The summed E-state index contributed by atoms with van der Waals surface area (Å²) in [5.41, 5.74) is 6.46. The molecule has 1 unspecified atom stereocenters. The molecule has 1 atom stereocenters. The van der Waals surface area contributed by atoms with Crippen LogP contribution in [0, 0.1) is 25.2 Å². The van der Waals surface area contributed by atoms with Crippen molar-refractivity contribution in [1.29, 1.82) is 5.26 Å². The molecule has 0 saturated carbocycles. The van der Waals surface area contributed by atoms with E-state index in [9.17, 15) is 10.1 Å². The van der Waals surface area contributed by atoms with E-state index in [1.54, 1.807) is 6.08 Å². The van der Waals surface area contributed by atoms with E-state index < -0.39 is 0 Å². The SMILES string of the molecule is CCN1c2ccc(/C=C(/C#N)C(=O)Nc3cc(C)cc(C)c3)cc2C(C)CC1(C)C. The number of benzene rings is 2. The van der Waals surface area contributed by atoms with E-state index in [1.807, 2.05) is 38.1 Å². The summed E-state index contributed by atoms with van der Waals surface area (Å²) in [6.07, 6.45) is 2.75. The number of carbonyl (C=O) groups excluding carboxylic acids is 1. The molecule has 2 aromatic carbocycles. The lowest BCUT2D eigenvalue weighted by Gasteiger charge is -2.47. The first-order chi connectivity index (χ1) is 14.1. The highest BCUT2D eigenvalue weighted by Gasteiger charge is 2.35. The number of carbonyl (C=O) groups is 1. The molecule has 1 aliphatic rings. The van der Waals surface area contributed by atoms with Crippen molar-refractivity contribution in [1.82, 2.24) is 0 Å². The summed E-state index contributed by atoms with van der Waals surface area (Å²) in [6, 6.07) is 14.2. The maximum absolute atomic E-state index is 12.7. The van der Waals surface area contributed by atoms with Crippen LogP contribution in [0.2, 0.25) is 0 Å². The molecule has 2 aromatic rings.